The molecule has 0 radical (unpaired) electrons. The summed E-state index contributed by atoms with van der Waals surface area (Å²) in [6, 6.07) is 1.94. The highest BCUT2D eigenvalue weighted by atomic mass is 16.5. The molecule has 3 rings (SSSR count). The van der Waals surface area contributed by atoms with Crippen LogP contribution in [0.15, 0.2) is 16.8 Å². The van der Waals surface area contributed by atoms with Crippen molar-refractivity contribution in [2.75, 3.05) is 18.0 Å². The Hall–Kier alpha value is -1.91. The SMILES string of the molecule is Cc1cc(-c2cnc(N3CCCCC3)nc2C(C)C)on1. The standard InChI is InChI=1S/C16H22N4O/c1-11(2)15-13(14-9-12(3)19-21-14)10-17-16(18-15)20-7-5-4-6-8-20/h9-11H,4-8H2,1-3H3. The molecule has 5 nitrogen and oxygen atoms in total. The molecule has 1 aliphatic heterocycles. The quantitative estimate of drug-likeness (QED) is 0.863. The molecule has 3 heterocycles. The largest absolute Gasteiger partial charge is 0.356 e. The van der Waals surface area contributed by atoms with E-state index in [4.69, 9.17) is 9.51 Å². The number of hydrogen-bond acceptors (Lipinski definition) is 5. The van der Waals surface area contributed by atoms with Crippen LogP contribution in [0.1, 0.15) is 50.4 Å². The molecule has 2 aromatic heterocycles. The van der Waals surface area contributed by atoms with Crippen LogP contribution in [-0.2, 0) is 0 Å². The number of nitrogens with zero attached hydrogens (tertiary/aromatic N) is 4. The maximum Gasteiger partial charge on any atom is 0.225 e. The third-order valence-electron chi connectivity index (χ3n) is 3.88. The Morgan fingerprint density at radius 2 is 1.95 bits per heavy atom. The van der Waals surface area contributed by atoms with Gasteiger partial charge >= 0.3 is 0 Å². The second kappa shape index (κ2) is 5.84. The van der Waals surface area contributed by atoms with Crippen molar-refractivity contribution in [3.8, 4) is 11.3 Å². The highest BCUT2D eigenvalue weighted by Crippen LogP contribution is 2.29. The molecule has 0 bridgehead atoms. The van der Waals surface area contributed by atoms with Gasteiger partial charge in [-0.15, -0.1) is 0 Å². The fourth-order valence-corrected chi connectivity index (χ4v) is 2.75. The first kappa shape index (κ1) is 14.0. The lowest BCUT2D eigenvalue weighted by molar-refractivity contribution is 0.426. The van der Waals surface area contributed by atoms with Gasteiger partial charge in [-0.2, -0.15) is 0 Å². The lowest BCUT2D eigenvalue weighted by Gasteiger charge is -2.27. The second-order valence-electron chi connectivity index (χ2n) is 6.00. The lowest BCUT2D eigenvalue weighted by atomic mass is 10.0. The normalized spacial score (nSPS) is 15.7. The molecule has 0 amide bonds. The first-order chi connectivity index (χ1) is 10.1. The van der Waals surface area contributed by atoms with E-state index in [0.29, 0.717) is 5.92 Å². The summed E-state index contributed by atoms with van der Waals surface area (Å²) in [5.41, 5.74) is 2.85. The van der Waals surface area contributed by atoms with Crippen molar-refractivity contribution in [1.29, 1.82) is 0 Å². The number of hydrogen-bond donors (Lipinski definition) is 0. The van der Waals surface area contributed by atoms with Crippen LogP contribution >= 0.6 is 0 Å². The number of aryl methyl sites for hydroxylation is 1. The molecule has 0 unspecified atom stereocenters. The summed E-state index contributed by atoms with van der Waals surface area (Å²) in [5, 5.41) is 3.96. The summed E-state index contributed by atoms with van der Waals surface area (Å²) in [5.74, 6) is 1.91. The molecule has 0 aliphatic carbocycles. The topological polar surface area (TPSA) is 55.1 Å². The smallest absolute Gasteiger partial charge is 0.225 e. The van der Waals surface area contributed by atoms with Gasteiger partial charge in [0.1, 0.15) is 0 Å². The van der Waals surface area contributed by atoms with Gasteiger partial charge in [0.2, 0.25) is 5.95 Å². The summed E-state index contributed by atoms with van der Waals surface area (Å²) < 4.78 is 5.38. The zero-order valence-electron chi connectivity index (χ0n) is 13.0. The van der Waals surface area contributed by atoms with Gasteiger partial charge in [0.15, 0.2) is 5.76 Å². The highest BCUT2D eigenvalue weighted by Gasteiger charge is 2.19. The molecule has 0 saturated carbocycles. The van der Waals surface area contributed by atoms with Crippen molar-refractivity contribution in [3.63, 3.8) is 0 Å². The van der Waals surface area contributed by atoms with E-state index in [1.807, 2.05) is 19.2 Å². The van der Waals surface area contributed by atoms with Crippen LogP contribution in [-0.4, -0.2) is 28.2 Å². The van der Waals surface area contributed by atoms with Crippen molar-refractivity contribution >= 4 is 5.95 Å². The van der Waals surface area contributed by atoms with E-state index in [-0.39, 0.29) is 0 Å². The molecule has 5 heteroatoms. The molecule has 0 aromatic carbocycles. The Labute approximate surface area is 125 Å². The monoisotopic (exact) mass is 286 g/mol. The van der Waals surface area contributed by atoms with Crippen molar-refractivity contribution in [3.05, 3.63) is 23.7 Å². The van der Waals surface area contributed by atoms with Crippen molar-refractivity contribution in [2.24, 2.45) is 0 Å². The minimum absolute atomic E-state index is 0.317. The van der Waals surface area contributed by atoms with Crippen LogP contribution in [0.2, 0.25) is 0 Å². The van der Waals surface area contributed by atoms with E-state index in [0.717, 1.165) is 41.7 Å². The van der Waals surface area contributed by atoms with E-state index in [2.05, 4.69) is 28.9 Å². The molecular weight excluding hydrogens is 264 g/mol. The number of rotatable bonds is 3. The predicted octanol–water partition coefficient (Wildman–Crippen LogP) is 3.55. The van der Waals surface area contributed by atoms with Gasteiger partial charge in [-0.1, -0.05) is 19.0 Å². The Morgan fingerprint density at radius 3 is 2.57 bits per heavy atom. The summed E-state index contributed by atoms with van der Waals surface area (Å²) in [7, 11) is 0. The summed E-state index contributed by atoms with van der Waals surface area (Å²) in [6.07, 6.45) is 5.64. The average Bonchev–Trinajstić information content (AvgIpc) is 2.94. The van der Waals surface area contributed by atoms with E-state index >= 15 is 0 Å². The second-order valence-corrected chi connectivity index (χ2v) is 6.00. The van der Waals surface area contributed by atoms with Crippen molar-refractivity contribution < 1.29 is 4.52 Å². The van der Waals surface area contributed by atoms with Crippen molar-refractivity contribution in [1.82, 2.24) is 15.1 Å². The van der Waals surface area contributed by atoms with Gasteiger partial charge in [0.05, 0.1) is 17.0 Å². The molecule has 0 spiro atoms. The van der Waals surface area contributed by atoms with Crippen molar-refractivity contribution in [2.45, 2.75) is 46.0 Å². The molecule has 21 heavy (non-hydrogen) atoms. The third-order valence-corrected chi connectivity index (χ3v) is 3.88. The Morgan fingerprint density at radius 1 is 1.19 bits per heavy atom. The van der Waals surface area contributed by atoms with Crippen LogP contribution in [0.4, 0.5) is 5.95 Å². The minimum Gasteiger partial charge on any atom is -0.356 e. The zero-order chi connectivity index (χ0) is 14.8. The Kier molecular flexibility index (Phi) is 3.90. The highest BCUT2D eigenvalue weighted by molar-refractivity contribution is 5.61. The zero-order valence-corrected chi connectivity index (χ0v) is 13.0. The van der Waals surface area contributed by atoms with Gasteiger partial charge < -0.3 is 9.42 Å². The van der Waals surface area contributed by atoms with E-state index in [9.17, 15) is 0 Å². The molecule has 0 atom stereocenters. The molecule has 1 fully saturated rings. The van der Waals surface area contributed by atoms with Gasteiger partial charge in [-0.25, -0.2) is 9.97 Å². The fraction of sp³-hybridized carbons (Fsp3) is 0.562. The third kappa shape index (κ3) is 2.91. The first-order valence-electron chi connectivity index (χ1n) is 7.70. The summed E-state index contributed by atoms with van der Waals surface area (Å²) in [6.45, 7) is 8.33. The fourth-order valence-electron chi connectivity index (χ4n) is 2.75. The van der Waals surface area contributed by atoms with Crippen LogP contribution < -0.4 is 4.90 Å². The summed E-state index contributed by atoms with van der Waals surface area (Å²) in [4.78, 5) is 11.6. The maximum atomic E-state index is 5.38. The molecule has 1 aliphatic rings. The minimum atomic E-state index is 0.317. The average molecular weight is 286 g/mol. The number of aromatic nitrogens is 3. The Balaban J connectivity index is 1.98. The Bertz CT molecular complexity index is 614. The molecule has 1 saturated heterocycles. The number of anilines is 1. The molecule has 2 aromatic rings. The van der Waals surface area contributed by atoms with Crippen LogP contribution in [0, 0.1) is 6.92 Å². The van der Waals surface area contributed by atoms with Crippen LogP contribution in [0.5, 0.6) is 0 Å². The lowest BCUT2D eigenvalue weighted by Crippen LogP contribution is -2.31. The van der Waals surface area contributed by atoms with E-state index in [1.165, 1.54) is 19.3 Å². The molecule has 112 valence electrons. The van der Waals surface area contributed by atoms with Gasteiger partial charge in [-0.05, 0) is 32.1 Å². The van der Waals surface area contributed by atoms with Gasteiger partial charge in [0, 0.05) is 25.4 Å². The maximum absolute atomic E-state index is 5.38. The molecular formula is C16H22N4O. The molecule has 0 N–H and O–H groups in total. The van der Waals surface area contributed by atoms with E-state index < -0.39 is 0 Å². The first-order valence-corrected chi connectivity index (χ1v) is 7.70. The predicted molar refractivity (Wildman–Crippen MR) is 82.4 cm³/mol. The van der Waals surface area contributed by atoms with Gasteiger partial charge in [0.25, 0.3) is 0 Å². The van der Waals surface area contributed by atoms with Crippen LogP contribution in [0.25, 0.3) is 11.3 Å². The van der Waals surface area contributed by atoms with E-state index in [1.54, 1.807) is 0 Å². The van der Waals surface area contributed by atoms with Crippen LogP contribution in [0.3, 0.4) is 0 Å². The summed E-state index contributed by atoms with van der Waals surface area (Å²) >= 11 is 0. The number of piperidine rings is 1. The van der Waals surface area contributed by atoms with Gasteiger partial charge in [-0.3, -0.25) is 0 Å².